The zero-order valence-electron chi connectivity index (χ0n) is 27.8. The van der Waals surface area contributed by atoms with Crippen LogP contribution < -0.4 is 15.3 Å². The van der Waals surface area contributed by atoms with Gasteiger partial charge < -0.3 is 14.4 Å². The van der Waals surface area contributed by atoms with Crippen LogP contribution in [0.2, 0.25) is 10.1 Å². The highest BCUT2D eigenvalue weighted by atomic mass is 35.5. The normalized spacial score (nSPS) is 18.5. The molecule has 1 saturated carbocycles. The molecule has 1 aliphatic carbocycles. The molecule has 2 unspecified atom stereocenters. The van der Waals surface area contributed by atoms with Crippen molar-refractivity contribution < 1.29 is 23.5 Å². The highest BCUT2D eigenvalue weighted by Gasteiger charge is 2.53. The number of nitrogens with zero attached hydrogens (tertiary/aromatic N) is 3. The third-order valence-electron chi connectivity index (χ3n) is 10.0. The van der Waals surface area contributed by atoms with Gasteiger partial charge in [-0.2, -0.15) is 4.68 Å². The van der Waals surface area contributed by atoms with E-state index in [1.807, 2.05) is 53.4 Å². The van der Waals surface area contributed by atoms with Gasteiger partial charge in [-0.25, -0.2) is 4.39 Å². The topological polar surface area (TPSA) is 84.7 Å². The average Bonchev–Trinajstić information content (AvgIpc) is 3.86. The number of aliphatic carboxylic acids is 1. The Kier molecular flexibility index (Phi) is 8.71. The fourth-order valence-electron chi connectivity index (χ4n) is 7.52. The van der Waals surface area contributed by atoms with Gasteiger partial charge in [0.05, 0.1) is 33.5 Å². The third kappa shape index (κ3) is 5.87. The molecule has 10 heteroatoms. The first-order chi connectivity index (χ1) is 23.5. The molecule has 1 aliphatic heterocycles. The molecule has 1 N–H and O–H groups in total. The van der Waals surface area contributed by atoms with E-state index in [1.165, 1.54) is 10.7 Å². The first-order valence-electron chi connectivity index (χ1n) is 16.8. The number of carbonyl (C=O) groups excluding carboxylic acids is 1. The molecule has 4 aromatic carbocycles. The van der Waals surface area contributed by atoms with Crippen LogP contribution in [0.5, 0.6) is 0 Å². The minimum absolute atomic E-state index is 0.148. The van der Waals surface area contributed by atoms with Crippen molar-refractivity contribution in [2.24, 2.45) is 5.92 Å². The number of benzene rings is 4. The lowest BCUT2D eigenvalue weighted by atomic mass is 9.94. The van der Waals surface area contributed by atoms with E-state index in [0.29, 0.717) is 22.6 Å². The van der Waals surface area contributed by atoms with Crippen LogP contribution in [0.1, 0.15) is 61.9 Å². The van der Waals surface area contributed by atoms with Crippen LogP contribution in [0.25, 0.3) is 10.9 Å². The largest absolute Gasteiger partial charge is 0.481 e. The van der Waals surface area contributed by atoms with Gasteiger partial charge in [-0.05, 0) is 64.4 Å². The van der Waals surface area contributed by atoms with E-state index in [4.69, 9.17) is 21.1 Å². The molecular formula is C39H39ClFN3O4Si. The number of carboxylic acids is 1. The van der Waals surface area contributed by atoms with Crippen molar-refractivity contribution in [3.63, 3.8) is 0 Å². The Hall–Kier alpha value is -4.31. The number of halogens is 2. The number of aromatic nitrogens is 2. The minimum atomic E-state index is -3.15. The number of fused-ring (bicyclic) bond motifs is 1. The maximum atomic E-state index is 15.8. The lowest BCUT2D eigenvalue weighted by Crippen LogP contribution is -2.69. The van der Waals surface area contributed by atoms with E-state index in [9.17, 15) is 14.7 Å². The molecule has 5 aromatic rings. The van der Waals surface area contributed by atoms with E-state index in [0.717, 1.165) is 28.8 Å². The summed E-state index contributed by atoms with van der Waals surface area (Å²) in [5, 5.41) is 17.5. The number of anilines is 1. The van der Waals surface area contributed by atoms with Gasteiger partial charge in [0.1, 0.15) is 5.82 Å². The van der Waals surface area contributed by atoms with Gasteiger partial charge >= 0.3 is 5.97 Å². The van der Waals surface area contributed by atoms with Crippen LogP contribution in [0.4, 0.5) is 10.2 Å². The van der Waals surface area contributed by atoms with E-state index in [-0.39, 0.29) is 35.1 Å². The predicted molar refractivity (Wildman–Crippen MR) is 193 cm³/mol. The Labute approximate surface area is 291 Å². The van der Waals surface area contributed by atoms with Crippen molar-refractivity contribution >= 4 is 58.9 Å². The Balaban J connectivity index is 1.33. The van der Waals surface area contributed by atoms with Gasteiger partial charge in [-0.3, -0.25) is 9.59 Å². The molecule has 0 spiro atoms. The SMILES string of the molecule is CC(C)(C)[Si](OC1CN(c2nn(C(=O)c3c(Cl)cccc3C3CC3)c3cccc(F)c23)CCC1C(=O)O)(c1ccccc1)c1ccccc1. The van der Waals surface area contributed by atoms with Crippen LogP contribution in [-0.2, 0) is 9.22 Å². The van der Waals surface area contributed by atoms with Crippen molar-refractivity contribution in [2.75, 3.05) is 18.0 Å². The monoisotopic (exact) mass is 695 g/mol. The summed E-state index contributed by atoms with van der Waals surface area (Å²) in [5.74, 6) is -2.15. The first-order valence-corrected chi connectivity index (χ1v) is 19.1. The lowest BCUT2D eigenvalue weighted by Gasteiger charge is -2.48. The molecule has 0 bridgehead atoms. The second-order valence-electron chi connectivity index (χ2n) is 14.2. The van der Waals surface area contributed by atoms with Crippen LogP contribution in [-0.4, -0.2) is 54.3 Å². The Bertz CT molecular complexity index is 1990. The zero-order valence-corrected chi connectivity index (χ0v) is 29.5. The van der Waals surface area contributed by atoms with Crippen LogP contribution in [0, 0.1) is 11.7 Å². The molecule has 1 aromatic heterocycles. The van der Waals surface area contributed by atoms with Crippen molar-refractivity contribution in [1.29, 1.82) is 0 Å². The second kappa shape index (κ2) is 12.9. The molecule has 2 fully saturated rings. The summed E-state index contributed by atoms with van der Waals surface area (Å²) < 4.78 is 24.4. The summed E-state index contributed by atoms with van der Waals surface area (Å²) in [7, 11) is -3.15. The van der Waals surface area contributed by atoms with Crippen molar-refractivity contribution in [3.05, 3.63) is 119 Å². The molecule has 7 nitrogen and oxygen atoms in total. The number of piperidine rings is 1. The van der Waals surface area contributed by atoms with Crippen LogP contribution in [0.3, 0.4) is 0 Å². The average molecular weight is 696 g/mol. The molecule has 0 radical (unpaired) electrons. The van der Waals surface area contributed by atoms with Gasteiger partial charge in [-0.15, -0.1) is 5.10 Å². The molecule has 2 aliphatic rings. The number of hydrogen-bond donors (Lipinski definition) is 1. The number of hydrogen-bond acceptors (Lipinski definition) is 5. The summed E-state index contributed by atoms with van der Waals surface area (Å²) in [6, 6.07) is 30.2. The Morgan fingerprint density at radius 2 is 1.53 bits per heavy atom. The van der Waals surface area contributed by atoms with Crippen molar-refractivity contribution in [2.45, 2.75) is 57.1 Å². The number of carboxylic acid groups (broad SMARTS) is 1. The highest BCUT2D eigenvalue weighted by Crippen LogP contribution is 2.44. The van der Waals surface area contributed by atoms with Gasteiger partial charge in [0.2, 0.25) is 0 Å². The van der Waals surface area contributed by atoms with Gasteiger partial charge in [0.25, 0.3) is 14.2 Å². The van der Waals surface area contributed by atoms with Gasteiger partial charge in [-0.1, -0.05) is 111 Å². The minimum Gasteiger partial charge on any atom is -0.481 e. The fourth-order valence-corrected chi connectivity index (χ4v) is 12.5. The zero-order chi connectivity index (χ0) is 34.5. The van der Waals surface area contributed by atoms with Crippen molar-refractivity contribution in [1.82, 2.24) is 9.78 Å². The lowest BCUT2D eigenvalue weighted by molar-refractivity contribution is -0.145. The third-order valence-corrected chi connectivity index (χ3v) is 15.4. The number of carbonyl (C=O) groups is 2. The van der Waals surface area contributed by atoms with Gasteiger partial charge in [0.15, 0.2) is 5.82 Å². The van der Waals surface area contributed by atoms with E-state index < -0.39 is 38.0 Å². The fraction of sp³-hybridized carbons (Fsp3) is 0.308. The molecule has 1 saturated heterocycles. The summed E-state index contributed by atoms with van der Waals surface area (Å²) >= 11 is 6.63. The molecule has 0 amide bonds. The molecule has 2 atom stereocenters. The second-order valence-corrected chi connectivity index (χ2v) is 18.8. The maximum absolute atomic E-state index is 15.8. The molecule has 252 valence electrons. The molecule has 7 rings (SSSR count). The first kappa shape index (κ1) is 33.2. The standard InChI is InChI=1S/C39H39ClFN3O4Si/c1-39(2,3)49(26-12-6-4-7-13-26,27-14-8-5-9-15-27)48-33-24-43(23-22-29(33)38(46)47)36-35-31(41)18-11-19-32(35)44(42-36)37(45)34-28(25-20-21-25)16-10-17-30(34)40/h4-19,25,29,33H,20-24H2,1-3H3,(H,46,47). The smallest absolute Gasteiger partial charge is 0.309 e. The summed E-state index contributed by atoms with van der Waals surface area (Å²) in [6.45, 7) is 6.89. The maximum Gasteiger partial charge on any atom is 0.309 e. The van der Waals surface area contributed by atoms with E-state index in [1.54, 1.807) is 18.2 Å². The summed E-state index contributed by atoms with van der Waals surface area (Å²) in [6.07, 6.45) is 1.45. The summed E-state index contributed by atoms with van der Waals surface area (Å²) in [5.41, 5.74) is 1.58. The summed E-state index contributed by atoms with van der Waals surface area (Å²) in [4.78, 5) is 29.0. The van der Waals surface area contributed by atoms with Crippen LogP contribution >= 0.6 is 11.6 Å². The molecular weight excluding hydrogens is 657 g/mol. The van der Waals surface area contributed by atoms with Crippen molar-refractivity contribution in [3.8, 4) is 0 Å². The molecule has 2 heterocycles. The number of rotatable bonds is 8. The van der Waals surface area contributed by atoms with E-state index in [2.05, 4.69) is 45.0 Å². The highest BCUT2D eigenvalue weighted by molar-refractivity contribution is 6.99. The quantitative estimate of drug-likeness (QED) is 0.172. The van der Waals surface area contributed by atoms with E-state index >= 15 is 4.39 Å². The molecule has 49 heavy (non-hydrogen) atoms. The Morgan fingerprint density at radius 1 is 0.898 bits per heavy atom. The van der Waals surface area contributed by atoms with Gasteiger partial charge in [0, 0.05) is 13.1 Å². The Morgan fingerprint density at radius 3 is 2.12 bits per heavy atom. The van der Waals surface area contributed by atoms with Crippen LogP contribution in [0.15, 0.2) is 97.1 Å². The predicted octanol–water partition coefficient (Wildman–Crippen LogP) is 7.25.